The van der Waals surface area contributed by atoms with Crippen LogP contribution in [0.25, 0.3) is 0 Å². The lowest BCUT2D eigenvalue weighted by Crippen LogP contribution is -2.41. The van der Waals surface area contributed by atoms with Crippen molar-refractivity contribution in [1.29, 1.82) is 0 Å². The lowest BCUT2D eigenvalue weighted by Gasteiger charge is -2.30. The second-order valence-corrected chi connectivity index (χ2v) is 5.08. The number of nitrogens with one attached hydrogen (secondary N) is 1. The van der Waals surface area contributed by atoms with Crippen molar-refractivity contribution in [2.24, 2.45) is 0 Å². The van der Waals surface area contributed by atoms with Gasteiger partial charge >= 0.3 is 0 Å². The summed E-state index contributed by atoms with van der Waals surface area (Å²) in [5.74, 6) is -1.35. The molecule has 3 atom stereocenters. The minimum Gasteiger partial charge on any atom is -0.388 e. The molecule has 1 aromatic rings. The first-order valence-electron chi connectivity index (χ1n) is 6.46. The van der Waals surface area contributed by atoms with E-state index in [2.05, 4.69) is 12.2 Å². The van der Waals surface area contributed by atoms with Crippen LogP contribution in [-0.2, 0) is 0 Å². The molecule has 0 aliphatic carbocycles. The normalized spacial score (nSPS) is 26.0. The lowest BCUT2D eigenvalue weighted by molar-refractivity contribution is 0.131. The molecule has 1 saturated heterocycles. The summed E-state index contributed by atoms with van der Waals surface area (Å²) >= 11 is 0. The summed E-state index contributed by atoms with van der Waals surface area (Å²) in [6.45, 7) is 2.09. The van der Waals surface area contributed by atoms with Crippen molar-refractivity contribution in [2.45, 2.75) is 50.8 Å². The number of aliphatic hydroxyl groups excluding tert-OH is 1. The molecule has 18 heavy (non-hydrogen) atoms. The third-order valence-electron chi connectivity index (χ3n) is 3.55. The first-order chi connectivity index (χ1) is 8.58. The van der Waals surface area contributed by atoms with Gasteiger partial charge < -0.3 is 10.4 Å². The third-order valence-corrected chi connectivity index (χ3v) is 3.55. The highest BCUT2D eigenvalue weighted by Gasteiger charge is 2.24. The van der Waals surface area contributed by atoms with Crippen molar-refractivity contribution in [2.75, 3.05) is 0 Å². The lowest BCUT2D eigenvalue weighted by atomic mass is 9.93. The van der Waals surface area contributed by atoms with Crippen molar-refractivity contribution >= 4 is 0 Å². The van der Waals surface area contributed by atoms with Crippen LogP contribution in [0, 0.1) is 11.6 Å². The molecule has 1 aromatic carbocycles. The van der Waals surface area contributed by atoms with Gasteiger partial charge in [-0.3, -0.25) is 0 Å². The van der Waals surface area contributed by atoms with Crippen molar-refractivity contribution in [3.05, 3.63) is 35.4 Å². The fourth-order valence-corrected chi connectivity index (χ4v) is 2.64. The molecule has 3 unspecified atom stereocenters. The van der Waals surface area contributed by atoms with Gasteiger partial charge in [0.1, 0.15) is 11.6 Å². The quantitative estimate of drug-likeness (QED) is 0.870. The number of hydrogen-bond donors (Lipinski definition) is 2. The summed E-state index contributed by atoms with van der Waals surface area (Å²) in [6, 6.07) is 4.20. The summed E-state index contributed by atoms with van der Waals surface area (Å²) < 4.78 is 27.0. The fraction of sp³-hybridized carbons (Fsp3) is 0.571. The predicted octanol–water partition coefficient (Wildman–Crippen LogP) is 2.92. The zero-order chi connectivity index (χ0) is 13.1. The average Bonchev–Trinajstić information content (AvgIpc) is 2.28. The van der Waals surface area contributed by atoms with Crippen molar-refractivity contribution in [3.8, 4) is 0 Å². The van der Waals surface area contributed by atoms with Crippen LogP contribution in [-0.4, -0.2) is 17.2 Å². The minimum atomic E-state index is -1.09. The Bertz CT molecular complexity index is 391. The van der Waals surface area contributed by atoms with Crippen LogP contribution in [0.4, 0.5) is 8.78 Å². The molecule has 0 amide bonds. The molecule has 0 radical (unpaired) electrons. The molecule has 0 saturated carbocycles. The van der Waals surface area contributed by atoms with Crippen LogP contribution in [0.2, 0.25) is 0 Å². The number of hydrogen-bond acceptors (Lipinski definition) is 2. The Kier molecular flexibility index (Phi) is 4.30. The van der Waals surface area contributed by atoms with Gasteiger partial charge in [-0.1, -0.05) is 12.5 Å². The minimum absolute atomic E-state index is 0.128. The Morgan fingerprint density at radius 2 is 2.00 bits per heavy atom. The Balaban J connectivity index is 2.05. The third kappa shape index (κ3) is 3.06. The van der Waals surface area contributed by atoms with Gasteiger partial charge in [0.2, 0.25) is 0 Å². The monoisotopic (exact) mass is 255 g/mol. The molecule has 4 heteroatoms. The van der Waals surface area contributed by atoms with E-state index in [0.29, 0.717) is 12.5 Å². The first kappa shape index (κ1) is 13.4. The van der Waals surface area contributed by atoms with E-state index < -0.39 is 17.7 Å². The molecule has 0 spiro atoms. The maximum absolute atomic E-state index is 13.5. The molecule has 2 N–H and O–H groups in total. The van der Waals surface area contributed by atoms with E-state index in [1.807, 2.05) is 0 Å². The molecule has 2 rings (SSSR count). The van der Waals surface area contributed by atoms with Gasteiger partial charge in [-0.05, 0) is 38.3 Å². The number of halogens is 2. The van der Waals surface area contributed by atoms with E-state index in [1.165, 1.54) is 18.2 Å². The molecule has 0 bridgehead atoms. The number of rotatable bonds is 3. The summed E-state index contributed by atoms with van der Waals surface area (Å²) in [7, 11) is 0. The van der Waals surface area contributed by atoms with Crippen LogP contribution in [0.1, 0.15) is 44.3 Å². The SMILES string of the molecule is CC1CCCC(CC(O)c2c(F)cccc2F)N1. The molecule has 1 heterocycles. The molecular formula is C14H19F2NO. The van der Waals surface area contributed by atoms with E-state index >= 15 is 0 Å². The molecule has 0 aromatic heterocycles. The largest absolute Gasteiger partial charge is 0.388 e. The fourth-order valence-electron chi connectivity index (χ4n) is 2.64. The zero-order valence-electron chi connectivity index (χ0n) is 10.5. The van der Waals surface area contributed by atoms with E-state index in [9.17, 15) is 13.9 Å². The van der Waals surface area contributed by atoms with Crippen molar-refractivity contribution in [1.82, 2.24) is 5.32 Å². The Hall–Kier alpha value is -1.00. The molecule has 2 nitrogen and oxygen atoms in total. The highest BCUT2D eigenvalue weighted by atomic mass is 19.1. The summed E-state index contributed by atoms with van der Waals surface area (Å²) in [4.78, 5) is 0. The number of piperidine rings is 1. The van der Waals surface area contributed by atoms with E-state index in [4.69, 9.17) is 0 Å². The summed E-state index contributed by atoms with van der Waals surface area (Å²) in [6.07, 6.45) is 2.40. The number of aliphatic hydroxyl groups is 1. The van der Waals surface area contributed by atoms with Crippen LogP contribution < -0.4 is 5.32 Å². The highest BCUT2D eigenvalue weighted by Crippen LogP contribution is 2.27. The van der Waals surface area contributed by atoms with Gasteiger partial charge in [0.05, 0.1) is 11.7 Å². The first-order valence-corrected chi connectivity index (χ1v) is 6.46. The average molecular weight is 255 g/mol. The highest BCUT2D eigenvalue weighted by molar-refractivity contribution is 5.22. The Labute approximate surface area is 106 Å². The van der Waals surface area contributed by atoms with Gasteiger partial charge in [-0.15, -0.1) is 0 Å². The van der Waals surface area contributed by atoms with E-state index in [-0.39, 0.29) is 11.6 Å². The molecular weight excluding hydrogens is 236 g/mol. The second-order valence-electron chi connectivity index (χ2n) is 5.08. The van der Waals surface area contributed by atoms with Crippen LogP contribution in [0.5, 0.6) is 0 Å². The zero-order valence-corrected chi connectivity index (χ0v) is 10.5. The van der Waals surface area contributed by atoms with Crippen molar-refractivity contribution < 1.29 is 13.9 Å². The summed E-state index contributed by atoms with van der Waals surface area (Å²) in [5, 5.41) is 13.4. The molecule has 1 aliphatic rings. The van der Waals surface area contributed by atoms with Crippen molar-refractivity contribution in [3.63, 3.8) is 0 Å². The topological polar surface area (TPSA) is 32.3 Å². The van der Waals surface area contributed by atoms with E-state index in [1.54, 1.807) is 0 Å². The van der Waals surface area contributed by atoms with Gasteiger partial charge in [0.15, 0.2) is 0 Å². The standard InChI is InChI=1S/C14H19F2NO/c1-9-4-2-5-10(17-9)8-13(18)14-11(15)6-3-7-12(14)16/h3,6-7,9-10,13,17-18H,2,4-5,8H2,1H3. The molecule has 100 valence electrons. The van der Waals surface area contributed by atoms with Crippen LogP contribution in [0.15, 0.2) is 18.2 Å². The number of benzene rings is 1. The second kappa shape index (κ2) is 5.76. The van der Waals surface area contributed by atoms with Gasteiger partial charge in [0.25, 0.3) is 0 Å². The van der Waals surface area contributed by atoms with Gasteiger partial charge in [-0.2, -0.15) is 0 Å². The summed E-state index contributed by atoms with van der Waals surface area (Å²) in [5.41, 5.74) is -0.211. The predicted molar refractivity (Wildman–Crippen MR) is 66.2 cm³/mol. The molecule has 1 fully saturated rings. The Morgan fingerprint density at radius 1 is 1.33 bits per heavy atom. The molecule has 1 aliphatic heterocycles. The maximum atomic E-state index is 13.5. The smallest absolute Gasteiger partial charge is 0.131 e. The Morgan fingerprint density at radius 3 is 2.61 bits per heavy atom. The van der Waals surface area contributed by atoms with E-state index in [0.717, 1.165) is 19.3 Å². The van der Waals surface area contributed by atoms with Crippen LogP contribution >= 0.6 is 0 Å². The maximum Gasteiger partial charge on any atom is 0.131 e. The van der Waals surface area contributed by atoms with Crippen LogP contribution in [0.3, 0.4) is 0 Å². The van der Waals surface area contributed by atoms with Gasteiger partial charge in [-0.25, -0.2) is 8.78 Å². The van der Waals surface area contributed by atoms with Gasteiger partial charge in [0, 0.05) is 12.1 Å².